The normalized spacial score (nSPS) is 10.3. The number of aromatic nitrogens is 2. The fourth-order valence-corrected chi connectivity index (χ4v) is 2.42. The molecule has 5 heteroatoms. The van der Waals surface area contributed by atoms with Crippen LogP contribution in [0.4, 0.5) is 0 Å². The van der Waals surface area contributed by atoms with Crippen LogP contribution in [0.1, 0.15) is 21.1 Å². The molecular formula is C13H14N2O2S. The third-order valence-electron chi connectivity index (χ3n) is 2.44. The number of rotatable bonds is 4. The van der Waals surface area contributed by atoms with Crippen molar-refractivity contribution in [3.05, 3.63) is 45.7 Å². The van der Waals surface area contributed by atoms with E-state index in [4.69, 9.17) is 4.74 Å². The van der Waals surface area contributed by atoms with E-state index in [9.17, 15) is 4.79 Å². The van der Waals surface area contributed by atoms with Gasteiger partial charge in [0.2, 0.25) is 0 Å². The van der Waals surface area contributed by atoms with Crippen molar-refractivity contribution in [3.8, 4) is 0 Å². The number of thiazole rings is 1. The summed E-state index contributed by atoms with van der Waals surface area (Å²) in [6, 6.07) is 3.66. The molecule has 2 heterocycles. The number of aryl methyl sites for hydroxylation is 2. The number of nitrogens with zero attached hydrogens (tertiary/aromatic N) is 2. The summed E-state index contributed by atoms with van der Waals surface area (Å²) in [4.78, 5) is 20.9. The first-order chi connectivity index (χ1) is 8.65. The molecular weight excluding hydrogens is 248 g/mol. The van der Waals surface area contributed by atoms with Crippen LogP contribution >= 0.6 is 11.3 Å². The molecule has 0 amide bonds. The molecule has 2 rings (SSSR count). The van der Waals surface area contributed by atoms with Crippen LogP contribution in [-0.2, 0) is 22.6 Å². The minimum atomic E-state index is -0.242. The number of hydrogen-bond donors (Lipinski definition) is 0. The largest absolute Gasteiger partial charge is 0.460 e. The van der Waals surface area contributed by atoms with E-state index in [1.165, 1.54) is 0 Å². The van der Waals surface area contributed by atoms with E-state index in [2.05, 4.69) is 9.97 Å². The van der Waals surface area contributed by atoms with Gasteiger partial charge in [0.25, 0.3) is 0 Å². The molecule has 94 valence electrons. The fourth-order valence-electron chi connectivity index (χ4n) is 1.57. The Hall–Kier alpha value is -1.75. The lowest BCUT2D eigenvalue weighted by Crippen LogP contribution is -2.08. The molecule has 0 aliphatic heterocycles. The molecule has 0 fully saturated rings. The summed E-state index contributed by atoms with van der Waals surface area (Å²) in [5, 5.41) is 0.991. The number of pyridine rings is 1. The van der Waals surface area contributed by atoms with Gasteiger partial charge in [0.15, 0.2) is 0 Å². The van der Waals surface area contributed by atoms with E-state index in [-0.39, 0.29) is 12.4 Å². The van der Waals surface area contributed by atoms with Gasteiger partial charge in [0, 0.05) is 12.4 Å². The molecule has 2 aromatic rings. The van der Waals surface area contributed by atoms with Crippen LogP contribution in [0.25, 0.3) is 0 Å². The molecule has 0 aliphatic rings. The maximum absolute atomic E-state index is 11.6. The van der Waals surface area contributed by atoms with Gasteiger partial charge >= 0.3 is 5.97 Å². The average Bonchev–Trinajstić information content (AvgIpc) is 2.66. The summed E-state index contributed by atoms with van der Waals surface area (Å²) in [6.07, 6.45) is 3.60. The van der Waals surface area contributed by atoms with Gasteiger partial charge in [-0.1, -0.05) is 6.07 Å². The van der Waals surface area contributed by atoms with Crippen molar-refractivity contribution in [1.29, 1.82) is 0 Å². The third-order valence-corrected chi connectivity index (χ3v) is 3.48. The predicted octanol–water partition coefficient (Wildman–Crippen LogP) is 2.44. The minimum Gasteiger partial charge on any atom is -0.460 e. The van der Waals surface area contributed by atoms with Crippen LogP contribution in [0.15, 0.2) is 24.5 Å². The third kappa shape index (κ3) is 3.37. The van der Waals surface area contributed by atoms with Crippen LogP contribution in [0.5, 0.6) is 0 Å². The Kier molecular flexibility index (Phi) is 4.04. The maximum atomic E-state index is 11.6. The molecule has 0 atom stereocenters. The van der Waals surface area contributed by atoms with E-state index >= 15 is 0 Å². The predicted molar refractivity (Wildman–Crippen MR) is 69.3 cm³/mol. The van der Waals surface area contributed by atoms with Crippen LogP contribution in [-0.4, -0.2) is 15.9 Å². The zero-order valence-electron chi connectivity index (χ0n) is 10.3. The molecule has 0 aliphatic carbocycles. The standard InChI is InChI=1S/C13H14N2O2S/c1-9-12(18-10(2)15-9)8-17-13(16)6-11-4-3-5-14-7-11/h3-5,7H,6,8H2,1-2H3. The summed E-state index contributed by atoms with van der Waals surface area (Å²) in [5.74, 6) is -0.242. The van der Waals surface area contributed by atoms with Gasteiger partial charge in [-0.2, -0.15) is 0 Å². The second kappa shape index (κ2) is 5.73. The van der Waals surface area contributed by atoms with Crippen LogP contribution < -0.4 is 0 Å². The molecule has 0 saturated carbocycles. The topological polar surface area (TPSA) is 52.1 Å². The van der Waals surface area contributed by atoms with Crippen molar-refractivity contribution in [3.63, 3.8) is 0 Å². The summed E-state index contributed by atoms with van der Waals surface area (Å²) in [6.45, 7) is 4.17. The highest BCUT2D eigenvalue weighted by molar-refractivity contribution is 7.11. The van der Waals surface area contributed by atoms with E-state index in [1.807, 2.05) is 19.9 Å². The van der Waals surface area contributed by atoms with Crippen molar-refractivity contribution in [2.45, 2.75) is 26.9 Å². The summed E-state index contributed by atoms with van der Waals surface area (Å²) in [5.41, 5.74) is 1.80. The molecule has 4 nitrogen and oxygen atoms in total. The first-order valence-electron chi connectivity index (χ1n) is 5.62. The van der Waals surface area contributed by atoms with E-state index in [0.717, 1.165) is 21.1 Å². The van der Waals surface area contributed by atoms with Gasteiger partial charge < -0.3 is 4.74 Å². The lowest BCUT2D eigenvalue weighted by Gasteiger charge is -2.03. The van der Waals surface area contributed by atoms with E-state index < -0.39 is 0 Å². The van der Waals surface area contributed by atoms with Crippen molar-refractivity contribution in [2.75, 3.05) is 0 Å². The van der Waals surface area contributed by atoms with E-state index in [1.54, 1.807) is 29.8 Å². The summed E-state index contributed by atoms with van der Waals surface area (Å²) in [7, 11) is 0. The lowest BCUT2D eigenvalue weighted by molar-refractivity contribution is -0.144. The summed E-state index contributed by atoms with van der Waals surface area (Å²) >= 11 is 1.56. The number of ether oxygens (including phenoxy) is 1. The summed E-state index contributed by atoms with van der Waals surface area (Å²) < 4.78 is 5.23. The highest BCUT2D eigenvalue weighted by atomic mass is 32.1. The van der Waals surface area contributed by atoms with Gasteiger partial charge in [-0.15, -0.1) is 11.3 Å². The van der Waals surface area contributed by atoms with Crippen molar-refractivity contribution in [2.24, 2.45) is 0 Å². The quantitative estimate of drug-likeness (QED) is 0.794. The Balaban J connectivity index is 1.87. The SMILES string of the molecule is Cc1nc(C)c(COC(=O)Cc2cccnc2)s1. The number of carbonyl (C=O) groups excluding carboxylic acids is 1. The Morgan fingerprint density at radius 1 is 1.44 bits per heavy atom. The maximum Gasteiger partial charge on any atom is 0.310 e. The van der Waals surface area contributed by atoms with Gasteiger partial charge in [-0.05, 0) is 25.5 Å². The van der Waals surface area contributed by atoms with Gasteiger partial charge in [0.05, 0.1) is 22.0 Å². The monoisotopic (exact) mass is 262 g/mol. The molecule has 0 spiro atoms. The number of hydrogen-bond acceptors (Lipinski definition) is 5. The lowest BCUT2D eigenvalue weighted by atomic mass is 10.2. The van der Waals surface area contributed by atoms with Crippen LogP contribution in [0, 0.1) is 13.8 Å². The second-order valence-electron chi connectivity index (χ2n) is 3.94. The smallest absolute Gasteiger partial charge is 0.310 e. The van der Waals surface area contributed by atoms with Gasteiger partial charge in [-0.25, -0.2) is 4.98 Å². The molecule has 0 unspecified atom stereocenters. The van der Waals surface area contributed by atoms with Crippen LogP contribution in [0.3, 0.4) is 0 Å². The zero-order valence-corrected chi connectivity index (χ0v) is 11.2. The first kappa shape index (κ1) is 12.7. The molecule has 0 saturated heterocycles. The van der Waals surface area contributed by atoms with Crippen molar-refractivity contribution < 1.29 is 9.53 Å². The Morgan fingerprint density at radius 3 is 2.89 bits per heavy atom. The van der Waals surface area contributed by atoms with Crippen molar-refractivity contribution >= 4 is 17.3 Å². The molecule has 18 heavy (non-hydrogen) atoms. The minimum absolute atomic E-state index is 0.242. The fraction of sp³-hybridized carbons (Fsp3) is 0.308. The van der Waals surface area contributed by atoms with Crippen LogP contribution in [0.2, 0.25) is 0 Å². The Bertz CT molecular complexity index is 537. The van der Waals surface area contributed by atoms with Gasteiger partial charge in [0.1, 0.15) is 6.61 Å². The Labute approximate surface area is 110 Å². The number of esters is 1. The molecule has 2 aromatic heterocycles. The molecule has 0 radical (unpaired) electrons. The molecule has 0 aromatic carbocycles. The van der Waals surface area contributed by atoms with Gasteiger partial charge in [-0.3, -0.25) is 9.78 Å². The highest BCUT2D eigenvalue weighted by Gasteiger charge is 2.09. The number of carbonyl (C=O) groups is 1. The van der Waals surface area contributed by atoms with Crippen molar-refractivity contribution in [1.82, 2.24) is 9.97 Å². The first-order valence-corrected chi connectivity index (χ1v) is 6.44. The molecule has 0 N–H and O–H groups in total. The van der Waals surface area contributed by atoms with E-state index in [0.29, 0.717) is 6.61 Å². The Morgan fingerprint density at radius 2 is 2.28 bits per heavy atom. The highest BCUT2D eigenvalue weighted by Crippen LogP contribution is 2.18. The second-order valence-corrected chi connectivity index (χ2v) is 5.23. The zero-order chi connectivity index (χ0) is 13.0. The average molecular weight is 262 g/mol. The molecule has 0 bridgehead atoms.